The lowest BCUT2D eigenvalue weighted by molar-refractivity contribution is -0.274. The van der Waals surface area contributed by atoms with E-state index >= 15 is 0 Å². The number of pyridine rings is 1. The Kier molecular flexibility index (Phi) is 6.38. The summed E-state index contributed by atoms with van der Waals surface area (Å²) in [6.45, 7) is 0. The monoisotopic (exact) mass is 471 g/mol. The Morgan fingerprint density at radius 2 is 1.85 bits per heavy atom. The summed E-state index contributed by atoms with van der Waals surface area (Å²) in [4.78, 5) is 20.1. The number of benzene rings is 1. The molecule has 14 heteroatoms. The number of anilines is 4. The molecule has 0 spiro atoms. The smallest absolute Gasteiger partial charge is 0.406 e. The van der Waals surface area contributed by atoms with Gasteiger partial charge in [-0.1, -0.05) is 6.07 Å². The second kappa shape index (κ2) is 9.72. The number of hydrogen-bond donors (Lipinski definition) is 4. The molecule has 0 aliphatic carbocycles. The highest BCUT2D eigenvalue weighted by Gasteiger charge is 2.31. The van der Waals surface area contributed by atoms with Gasteiger partial charge in [-0.25, -0.2) is 20.2 Å². The second-order valence-electron chi connectivity index (χ2n) is 6.58. The fraction of sp³-hybridized carbons (Fsp3) is 0.0500. The number of hydrazine groups is 1. The van der Waals surface area contributed by atoms with Gasteiger partial charge in [0.05, 0.1) is 11.9 Å². The Balaban J connectivity index is 1.27. The lowest BCUT2D eigenvalue weighted by atomic mass is 10.3. The van der Waals surface area contributed by atoms with Crippen molar-refractivity contribution < 1.29 is 22.7 Å². The number of hydrogen-bond acceptors (Lipinski definition) is 8. The number of halogens is 3. The summed E-state index contributed by atoms with van der Waals surface area (Å²) in [7, 11) is 0. The molecule has 0 radical (unpaired) electrons. The number of nitrogens with zero attached hydrogens (tertiary/aromatic N) is 5. The molecule has 174 valence electrons. The Bertz CT molecular complexity index is 1230. The van der Waals surface area contributed by atoms with Crippen molar-refractivity contribution >= 4 is 29.0 Å². The van der Waals surface area contributed by atoms with Crippen LogP contribution in [-0.4, -0.2) is 37.1 Å². The number of alkyl halides is 3. The van der Waals surface area contributed by atoms with Crippen LogP contribution in [0.4, 0.5) is 41.0 Å². The number of carbonyl (C=O) groups excluding carboxylic acids is 1. The molecule has 4 N–H and O–H groups in total. The summed E-state index contributed by atoms with van der Waals surface area (Å²) in [5.41, 5.74) is 5.86. The molecule has 0 fully saturated rings. The zero-order valence-electron chi connectivity index (χ0n) is 17.1. The highest BCUT2D eigenvalue weighted by Crippen LogP contribution is 2.26. The van der Waals surface area contributed by atoms with Gasteiger partial charge in [0.1, 0.15) is 17.9 Å². The van der Waals surface area contributed by atoms with Gasteiger partial charge < -0.3 is 10.1 Å². The van der Waals surface area contributed by atoms with Crippen LogP contribution in [0.1, 0.15) is 0 Å². The number of carbonyl (C=O) groups is 1. The predicted octanol–water partition coefficient (Wildman–Crippen LogP) is 3.85. The molecule has 3 aromatic heterocycles. The fourth-order valence-electron chi connectivity index (χ4n) is 2.67. The molecule has 0 aliphatic heterocycles. The van der Waals surface area contributed by atoms with E-state index in [0.717, 1.165) is 0 Å². The minimum absolute atomic E-state index is 0.237. The topological polar surface area (TPSA) is 131 Å². The van der Waals surface area contributed by atoms with Gasteiger partial charge in [-0.05, 0) is 36.4 Å². The van der Waals surface area contributed by atoms with Crippen molar-refractivity contribution in [3.63, 3.8) is 0 Å². The molecule has 0 saturated heterocycles. The molecule has 0 atom stereocenters. The number of ether oxygens (including phenoxy) is 1. The Morgan fingerprint density at radius 1 is 1.00 bits per heavy atom. The average Bonchev–Trinajstić information content (AvgIpc) is 3.34. The second-order valence-corrected chi connectivity index (χ2v) is 6.58. The molecule has 3 heterocycles. The summed E-state index contributed by atoms with van der Waals surface area (Å²) >= 11 is 0. The molecule has 0 saturated carbocycles. The summed E-state index contributed by atoms with van der Waals surface area (Å²) < 4.78 is 42.7. The maximum Gasteiger partial charge on any atom is 0.573 e. The van der Waals surface area contributed by atoms with Gasteiger partial charge >= 0.3 is 12.4 Å². The van der Waals surface area contributed by atoms with Crippen molar-refractivity contribution in [1.29, 1.82) is 0 Å². The van der Waals surface area contributed by atoms with Crippen LogP contribution in [0.3, 0.4) is 0 Å². The lowest BCUT2D eigenvalue weighted by Gasteiger charge is -2.12. The number of rotatable bonds is 7. The van der Waals surface area contributed by atoms with E-state index in [9.17, 15) is 18.0 Å². The van der Waals surface area contributed by atoms with Crippen molar-refractivity contribution in [1.82, 2.24) is 30.2 Å². The summed E-state index contributed by atoms with van der Waals surface area (Å²) in [5.74, 6) is 0.753. The standard InChI is InChI=1S/C20H16F3N9O2/c21-20(22,23)34-15-3-1-2-13(10-15)26-14-4-5-16(25-11-14)27-19(33)31-29-17-6-7-18(30-28-17)32-9-8-24-12-32/h1-12,26H,(H,28,29)(H2,25,27,31,33). The number of urea groups is 1. The van der Waals surface area contributed by atoms with Crippen molar-refractivity contribution in [2.45, 2.75) is 6.36 Å². The molecule has 0 unspecified atom stereocenters. The van der Waals surface area contributed by atoms with Gasteiger partial charge in [-0.2, -0.15) is 0 Å². The first kappa shape index (κ1) is 22.3. The summed E-state index contributed by atoms with van der Waals surface area (Å²) in [6, 6.07) is 11.2. The largest absolute Gasteiger partial charge is 0.573 e. The molecule has 4 aromatic rings. The first-order valence-electron chi connectivity index (χ1n) is 9.58. The zero-order valence-corrected chi connectivity index (χ0v) is 17.1. The molecule has 11 nitrogen and oxygen atoms in total. The summed E-state index contributed by atoms with van der Waals surface area (Å²) in [6.07, 6.45) is 1.54. The van der Waals surface area contributed by atoms with Crippen LogP contribution < -0.4 is 26.2 Å². The molecule has 1 aromatic carbocycles. The van der Waals surface area contributed by atoms with Crippen LogP contribution in [0, 0.1) is 0 Å². The van der Waals surface area contributed by atoms with Crippen LogP contribution in [0.25, 0.3) is 5.82 Å². The van der Waals surface area contributed by atoms with E-state index < -0.39 is 12.4 Å². The van der Waals surface area contributed by atoms with Crippen molar-refractivity contribution in [3.05, 3.63) is 73.4 Å². The van der Waals surface area contributed by atoms with Crippen LogP contribution in [0.15, 0.2) is 73.4 Å². The van der Waals surface area contributed by atoms with Gasteiger partial charge in [0.25, 0.3) is 0 Å². The predicted molar refractivity (Wildman–Crippen MR) is 116 cm³/mol. The molecular weight excluding hydrogens is 455 g/mol. The number of amides is 2. The fourth-order valence-corrected chi connectivity index (χ4v) is 2.67. The van der Waals surface area contributed by atoms with Crippen LogP contribution in [0.2, 0.25) is 0 Å². The van der Waals surface area contributed by atoms with Gasteiger partial charge in [0, 0.05) is 24.1 Å². The van der Waals surface area contributed by atoms with E-state index in [4.69, 9.17) is 0 Å². The molecule has 2 amide bonds. The molecule has 0 bridgehead atoms. The maximum absolute atomic E-state index is 12.4. The first-order chi connectivity index (χ1) is 16.3. The minimum atomic E-state index is -4.78. The normalized spacial score (nSPS) is 10.9. The first-order valence-corrected chi connectivity index (χ1v) is 9.58. The van der Waals surface area contributed by atoms with Gasteiger partial charge in [-0.3, -0.25) is 15.3 Å². The van der Waals surface area contributed by atoms with Crippen LogP contribution >= 0.6 is 0 Å². The Labute approximate surface area is 190 Å². The van der Waals surface area contributed by atoms with E-state index in [1.807, 2.05) is 0 Å². The third-order valence-electron chi connectivity index (χ3n) is 4.08. The van der Waals surface area contributed by atoms with Crippen LogP contribution in [0.5, 0.6) is 5.75 Å². The van der Waals surface area contributed by atoms with Crippen LogP contribution in [-0.2, 0) is 0 Å². The minimum Gasteiger partial charge on any atom is -0.406 e. The van der Waals surface area contributed by atoms with Gasteiger partial charge in [0.2, 0.25) is 0 Å². The quantitative estimate of drug-likeness (QED) is 0.299. The Morgan fingerprint density at radius 3 is 2.53 bits per heavy atom. The highest BCUT2D eigenvalue weighted by atomic mass is 19.4. The Hall–Kier alpha value is -4.88. The molecular formula is C20H16F3N9O2. The van der Waals surface area contributed by atoms with E-state index in [1.54, 1.807) is 47.6 Å². The lowest BCUT2D eigenvalue weighted by Crippen LogP contribution is -2.34. The third-order valence-corrected chi connectivity index (χ3v) is 4.08. The molecule has 0 aliphatic rings. The number of imidazole rings is 1. The van der Waals surface area contributed by atoms with Gasteiger partial charge in [0.15, 0.2) is 11.6 Å². The van der Waals surface area contributed by atoms with Crippen molar-refractivity contribution in [2.75, 3.05) is 16.1 Å². The van der Waals surface area contributed by atoms with Crippen molar-refractivity contribution in [2.24, 2.45) is 0 Å². The van der Waals surface area contributed by atoms with E-state index in [2.05, 4.69) is 46.4 Å². The highest BCUT2D eigenvalue weighted by molar-refractivity contribution is 5.89. The summed E-state index contributed by atoms with van der Waals surface area (Å²) in [5, 5.41) is 13.4. The van der Waals surface area contributed by atoms with Gasteiger partial charge in [-0.15, -0.1) is 23.4 Å². The average molecular weight is 471 g/mol. The van der Waals surface area contributed by atoms with E-state index in [-0.39, 0.29) is 11.6 Å². The third kappa shape index (κ3) is 6.32. The van der Waals surface area contributed by atoms with E-state index in [1.165, 1.54) is 30.5 Å². The zero-order chi connectivity index (χ0) is 24.0. The number of nitrogens with one attached hydrogen (secondary N) is 4. The number of aromatic nitrogens is 5. The molecule has 4 rings (SSSR count). The SMILES string of the molecule is O=C(NNc1ccc(-n2ccnc2)nn1)Nc1ccc(Nc2cccc(OC(F)(F)F)c2)cn1. The van der Waals surface area contributed by atoms with Crippen molar-refractivity contribution in [3.8, 4) is 11.6 Å². The van der Waals surface area contributed by atoms with E-state index in [0.29, 0.717) is 23.0 Å². The maximum atomic E-state index is 12.4. The molecule has 34 heavy (non-hydrogen) atoms.